The van der Waals surface area contributed by atoms with Gasteiger partial charge in [0, 0.05) is 42.4 Å². The van der Waals surface area contributed by atoms with Gasteiger partial charge in [-0.1, -0.05) is 0 Å². The van der Waals surface area contributed by atoms with Crippen molar-refractivity contribution in [1.82, 2.24) is 4.98 Å². The molecule has 0 aliphatic carbocycles. The quantitative estimate of drug-likeness (QED) is 0.605. The van der Waals surface area contributed by atoms with Crippen LogP contribution in [0.15, 0.2) is 35.4 Å². The Morgan fingerprint density at radius 2 is 2.05 bits per heavy atom. The highest BCUT2D eigenvalue weighted by Gasteiger charge is 2.17. The van der Waals surface area contributed by atoms with Crippen LogP contribution in [0.2, 0.25) is 0 Å². The minimum atomic E-state index is -3.82. The highest BCUT2D eigenvalue weighted by atomic mass is 35.7. The van der Waals surface area contributed by atoms with Gasteiger partial charge in [-0.05, 0) is 24.3 Å². The fourth-order valence-electron chi connectivity index (χ4n) is 1.84. The van der Waals surface area contributed by atoms with E-state index in [4.69, 9.17) is 20.2 Å². The number of hydrogen-bond acceptors (Lipinski definition) is 5. The molecule has 1 aromatic heterocycles. The van der Waals surface area contributed by atoms with Crippen LogP contribution in [0.5, 0.6) is 5.75 Å². The number of aromatic nitrogens is 1. The first-order valence-corrected chi connectivity index (χ1v) is 8.29. The number of halogens is 1. The summed E-state index contributed by atoms with van der Waals surface area (Å²) in [7, 11) is 3.23. The molecule has 1 aromatic carbocycles. The second-order valence-corrected chi connectivity index (χ2v) is 6.63. The molecule has 0 saturated carbocycles. The van der Waals surface area contributed by atoms with Crippen LogP contribution in [-0.2, 0) is 13.8 Å². The number of ether oxygens (including phenoxy) is 2. The van der Waals surface area contributed by atoms with Crippen molar-refractivity contribution in [2.24, 2.45) is 0 Å². The normalized spacial score (nSPS) is 11.7. The SMILES string of the molecule is COCCCOc1ccc(S(=O)(=O)Cl)c2cccnc12. The van der Waals surface area contributed by atoms with E-state index < -0.39 is 9.05 Å². The zero-order chi connectivity index (χ0) is 14.6. The number of rotatable bonds is 6. The summed E-state index contributed by atoms with van der Waals surface area (Å²) in [5, 5.41) is 0.451. The predicted octanol–water partition coefficient (Wildman–Crippen LogP) is 2.58. The number of fused-ring (bicyclic) bond motifs is 1. The van der Waals surface area contributed by atoms with Gasteiger partial charge >= 0.3 is 0 Å². The summed E-state index contributed by atoms with van der Waals surface area (Å²) >= 11 is 0. The number of pyridine rings is 1. The van der Waals surface area contributed by atoms with Gasteiger partial charge in [-0.2, -0.15) is 0 Å². The van der Waals surface area contributed by atoms with E-state index >= 15 is 0 Å². The number of methoxy groups -OCH3 is 1. The molecule has 20 heavy (non-hydrogen) atoms. The summed E-state index contributed by atoms with van der Waals surface area (Å²) in [6.45, 7) is 1.06. The molecule has 108 valence electrons. The third kappa shape index (κ3) is 3.39. The van der Waals surface area contributed by atoms with Gasteiger partial charge in [0.2, 0.25) is 0 Å². The molecule has 7 heteroatoms. The molecule has 0 N–H and O–H groups in total. The van der Waals surface area contributed by atoms with Crippen molar-refractivity contribution in [2.45, 2.75) is 11.3 Å². The van der Waals surface area contributed by atoms with Gasteiger partial charge in [-0.3, -0.25) is 4.98 Å². The fourth-order valence-corrected chi connectivity index (χ4v) is 2.90. The van der Waals surface area contributed by atoms with Crippen LogP contribution in [0, 0.1) is 0 Å². The average molecular weight is 316 g/mol. The minimum absolute atomic E-state index is 0.0338. The lowest BCUT2D eigenvalue weighted by molar-refractivity contribution is 0.172. The van der Waals surface area contributed by atoms with E-state index in [0.717, 1.165) is 6.42 Å². The fraction of sp³-hybridized carbons (Fsp3) is 0.308. The molecule has 0 saturated heterocycles. The van der Waals surface area contributed by atoms with Gasteiger partial charge in [0.1, 0.15) is 11.3 Å². The standard InChI is InChI=1S/C13H14ClNO4S/c1-18-8-3-9-19-11-5-6-12(20(14,16)17)10-4-2-7-15-13(10)11/h2,4-7H,3,8-9H2,1H3. The Kier molecular flexibility index (Phi) is 4.80. The molecule has 0 bridgehead atoms. The van der Waals surface area contributed by atoms with Gasteiger partial charge < -0.3 is 9.47 Å². The van der Waals surface area contributed by atoms with Crippen LogP contribution in [0.4, 0.5) is 0 Å². The van der Waals surface area contributed by atoms with Crippen molar-refractivity contribution in [3.63, 3.8) is 0 Å². The molecule has 0 spiro atoms. The summed E-state index contributed by atoms with van der Waals surface area (Å²) < 4.78 is 33.6. The molecule has 5 nitrogen and oxygen atoms in total. The third-order valence-corrected chi connectivity index (χ3v) is 4.09. The van der Waals surface area contributed by atoms with Gasteiger partial charge in [-0.25, -0.2) is 8.42 Å². The van der Waals surface area contributed by atoms with E-state index in [0.29, 0.717) is 29.9 Å². The largest absolute Gasteiger partial charge is 0.491 e. The van der Waals surface area contributed by atoms with Crippen molar-refractivity contribution in [3.8, 4) is 5.75 Å². The van der Waals surface area contributed by atoms with Crippen molar-refractivity contribution < 1.29 is 17.9 Å². The van der Waals surface area contributed by atoms with Crippen molar-refractivity contribution in [1.29, 1.82) is 0 Å². The van der Waals surface area contributed by atoms with E-state index in [1.807, 2.05) is 0 Å². The summed E-state index contributed by atoms with van der Waals surface area (Å²) in [6.07, 6.45) is 2.31. The van der Waals surface area contributed by atoms with E-state index in [2.05, 4.69) is 4.98 Å². The van der Waals surface area contributed by atoms with Crippen LogP contribution in [-0.4, -0.2) is 33.7 Å². The van der Waals surface area contributed by atoms with Crippen molar-refractivity contribution in [2.75, 3.05) is 20.3 Å². The van der Waals surface area contributed by atoms with Gasteiger partial charge in [0.25, 0.3) is 9.05 Å². The van der Waals surface area contributed by atoms with E-state index in [-0.39, 0.29) is 4.90 Å². The molecule has 0 atom stereocenters. The third-order valence-electron chi connectivity index (χ3n) is 2.71. The Balaban J connectivity index is 2.39. The first-order valence-electron chi connectivity index (χ1n) is 5.98. The zero-order valence-electron chi connectivity index (χ0n) is 10.9. The van der Waals surface area contributed by atoms with E-state index in [1.165, 1.54) is 6.07 Å². The highest BCUT2D eigenvalue weighted by molar-refractivity contribution is 8.14. The number of hydrogen-bond donors (Lipinski definition) is 0. The van der Waals surface area contributed by atoms with E-state index in [1.54, 1.807) is 31.5 Å². The maximum atomic E-state index is 11.5. The molecule has 0 aliphatic heterocycles. The first kappa shape index (κ1) is 15.0. The molecule has 2 rings (SSSR count). The molecule has 0 amide bonds. The summed E-state index contributed by atoms with van der Waals surface area (Å²) in [5.41, 5.74) is 0.478. The monoisotopic (exact) mass is 315 g/mol. The van der Waals surface area contributed by atoms with Crippen molar-refractivity contribution in [3.05, 3.63) is 30.5 Å². The maximum Gasteiger partial charge on any atom is 0.261 e. The topological polar surface area (TPSA) is 65.5 Å². The predicted molar refractivity (Wildman–Crippen MR) is 76.8 cm³/mol. The lowest BCUT2D eigenvalue weighted by Crippen LogP contribution is -2.03. The molecule has 0 aliphatic rings. The highest BCUT2D eigenvalue weighted by Crippen LogP contribution is 2.31. The lowest BCUT2D eigenvalue weighted by Gasteiger charge is -2.10. The van der Waals surface area contributed by atoms with Crippen LogP contribution >= 0.6 is 10.7 Å². The Labute approximate surface area is 121 Å². The summed E-state index contributed by atoms with van der Waals surface area (Å²) in [5.74, 6) is 0.528. The zero-order valence-corrected chi connectivity index (χ0v) is 12.4. The number of nitrogens with zero attached hydrogens (tertiary/aromatic N) is 1. The Morgan fingerprint density at radius 1 is 1.25 bits per heavy atom. The Bertz CT molecular complexity index is 703. The van der Waals surface area contributed by atoms with Crippen LogP contribution in [0.25, 0.3) is 10.9 Å². The molecule has 2 aromatic rings. The molecule has 0 unspecified atom stereocenters. The van der Waals surface area contributed by atoms with Gasteiger partial charge in [0.05, 0.1) is 11.5 Å². The molecular formula is C13H14ClNO4S. The van der Waals surface area contributed by atoms with Crippen LogP contribution in [0.3, 0.4) is 0 Å². The summed E-state index contributed by atoms with van der Waals surface area (Å²) in [4.78, 5) is 4.21. The van der Waals surface area contributed by atoms with Gasteiger partial charge in [-0.15, -0.1) is 0 Å². The maximum absolute atomic E-state index is 11.5. The molecular weight excluding hydrogens is 302 g/mol. The smallest absolute Gasteiger partial charge is 0.261 e. The second kappa shape index (κ2) is 6.39. The van der Waals surface area contributed by atoms with Crippen LogP contribution < -0.4 is 4.74 Å². The Hall–Kier alpha value is -1.37. The lowest BCUT2D eigenvalue weighted by atomic mass is 10.2. The average Bonchev–Trinajstić information content (AvgIpc) is 2.42. The van der Waals surface area contributed by atoms with Crippen molar-refractivity contribution >= 4 is 30.6 Å². The molecule has 0 radical (unpaired) electrons. The molecule has 0 fully saturated rings. The van der Waals surface area contributed by atoms with E-state index in [9.17, 15) is 8.42 Å². The molecule has 1 heterocycles. The Morgan fingerprint density at radius 3 is 2.75 bits per heavy atom. The van der Waals surface area contributed by atoms with Gasteiger partial charge in [0.15, 0.2) is 0 Å². The summed E-state index contributed by atoms with van der Waals surface area (Å²) in [6, 6.07) is 6.30. The second-order valence-electron chi connectivity index (χ2n) is 4.09. The number of benzene rings is 1. The van der Waals surface area contributed by atoms with Crippen LogP contribution in [0.1, 0.15) is 6.42 Å². The minimum Gasteiger partial charge on any atom is -0.491 e. The first-order chi connectivity index (χ1) is 9.54.